The zero-order valence-electron chi connectivity index (χ0n) is 13.5. The number of thiazole rings is 1. The van der Waals surface area contributed by atoms with Crippen molar-refractivity contribution in [1.82, 2.24) is 10.3 Å². The summed E-state index contributed by atoms with van der Waals surface area (Å²) < 4.78 is 5.64. The SMILES string of the molecule is Cc1cccc(OCCNC(=O)c2sc(-c3cccs3)nc2C)c1. The van der Waals surface area contributed by atoms with E-state index in [1.54, 1.807) is 11.3 Å². The molecule has 6 heteroatoms. The Hall–Kier alpha value is -2.18. The average Bonchev–Trinajstić information content (AvgIpc) is 3.21. The van der Waals surface area contributed by atoms with Crippen LogP contribution in [0, 0.1) is 13.8 Å². The number of amides is 1. The molecule has 2 heterocycles. The van der Waals surface area contributed by atoms with Crippen molar-refractivity contribution in [2.45, 2.75) is 13.8 Å². The molecule has 2 aromatic heterocycles. The van der Waals surface area contributed by atoms with Crippen LogP contribution in [0.1, 0.15) is 20.9 Å². The summed E-state index contributed by atoms with van der Waals surface area (Å²) >= 11 is 3.05. The number of hydrogen-bond donors (Lipinski definition) is 1. The van der Waals surface area contributed by atoms with Gasteiger partial charge < -0.3 is 10.1 Å². The van der Waals surface area contributed by atoms with Gasteiger partial charge in [-0.05, 0) is 43.0 Å². The molecule has 0 bridgehead atoms. The zero-order chi connectivity index (χ0) is 16.9. The third-order valence-corrected chi connectivity index (χ3v) is 5.58. The average molecular weight is 358 g/mol. The van der Waals surface area contributed by atoms with E-state index in [1.807, 2.05) is 55.6 Å². The van der Waals surface area contributed by atoms with E-state index >= 15 is 0 Å². The largest absolute Gasteiger partial charge is 0.492 e. The fourth-order valence-electron chi connectivity index (χ4n) is 2.23. The molecule has 0 atom stereocenters. The van der Waals surface area contributed by atoms with Crippen molar-refractivity contribution >= 4 is 28.6 Å². The molecule has 0 unspecified atom stereocenters. The molecule has 3 aromatic rings. The van der Waals surface area contributed by atoms with E-state index in [0.29, 0.717) is 18.0 Å². The highest BCUT2D eigenvalue weighted by Gasteiger charge is 2.16. The summed E-state index contributed by atoms with van der Waals surface area (Å²) in [5.74, 6) is 0.721. The van der Waals surface area contributed by atoms with Crippen LogP contribution in [0.25, 0.3) is 9.88 Å². The lowest BCUT2D eigenvalue weighted by atomic mass is 10.2. The molecule has 0 aliphatic carbocycles. The fraction of sp³-hybridized carbons (Fsp3) is 0.222. The van der Waals surface area contributed by atoms with Gasteiger partial charge in [0.15, 0.2) is 0 Å². The Morgan fingerprint density at radius 3 is 2.88 bits per heavy atom. The number of rotatable bonds is 6. The van der Waals surface area contributed by atoms with Gasteiger partial charge in [-0.25, -0.2) is 4.98 Å². The topological polar surface area (TPSA) is 51.2 Å². The van der Waals surface area contributed by atoms with Crippen LogP contribution in [0.4, 0.5) is 0 Å². The Labute approximate surface area is 149 Å². The number of nitrogens with one attached hydrogen (secondary N) is 1. The molecular weight excluding hydrogens is 340 g/mol. The van der Waals surface area contributed by atoms with Gasteiger partial charge in [0, 0.05) is 0 Å². The van der Waals surface area contributed by atoms with E-state index in [9.17, 15) is 4.79 Å². The zero-order valence-corrected chi connectivity index (χ0v) is 15.2. The Morgan fingerprint density at radius 1 is 1.25 bits per heavy atom. The van der Waals surface area contributed by atoms with Crippen LogP contribution in [-0.4, -0.2) is 24.0 Å². The molecular formula is C18H18N2O2S2. The van der Waals surface area contributed by atoms with Crippen molar-refractivity contribution in [3.8, 4) is 15.6 Å². The van der Waals surface area contributed by atoms with Gasteiger partial charge in [-0.3, -0.25) is 4.79 Å². The molecule has 0 spiro atoms. The number of ether oxygens (including phenoxy) is 1. The summed E-state index contributed by atoms with van der Waals surface area (Å²) in [6, 6.07) is 11.9. The van der Waals surface area contributed by atoms with Gasteiger partial charge in [0.25, 0.3) is 5.91 Å². The van der Waals surface area contributed by atoms with Crippen molar-refractivity contribution in [2.75, 3.05) is 13.2 Å². The first-order chi connectivity index (χ1) is 11.6. The summed E-state index contributed by atoms with van der Waals surface area (Å²) in [6.07, 6.45) is 0. The Kier molecular flexibility index (Phi) is 5.27. The molecule has 124 valence electrons. The molecule has 0 aliphatic rings. The normalized spacial score (nSPS) is 10.6. The lowest BCUT2D eigenvalue weighted by molar-refractivity contribution is 0.0950. The summed E-state index contributed by atoms with van der Waals surface area (Å²) in [5, 5.41) is 5.79. The molecule has 1 aromatic carbocycles. The maximum absolute atomic E-state index is 12.3. The molecule has 0 saturated carbocycles. The molecule has 3 rings (SSSR count). The fourth-order valence-corrected chi connectivity index (χ4v) is 4.01. The van der Waals surface area contributed by atoms with Gasteiger partial charge in [-0.15, -0.1) is 22.7 Å². The minimum absolute atomic E-state index is 0.0966. The van der Waals surface area contributed by atoms with Crippen molar-refractivity contribution in [3.63, 3.8) is 0 Å². The molecule has 4 nitrogen and oxygen atoms in total. The van der Waals surface area contributed by atoms with Crippen LogP contribution < -0.4 is 10.1 Å². The first-order valence-electron chi connectivity index (χ1n) is 7.62. The number of aromatic nitrogens is 1. The van der Waals surface area contributed by atoms with Crippen molar-refractivity contribution in [1.29, 1.82) is 0 Å². The molecule has 24 heavy (non-hydrogen) atoms. The number of carbonyl (C=O) groups is 1. The number of thiophene rings is 1. The van der Waals surface area contributed by atoms with Gasteiger partial charge in [-0.2, -0.15) is 0 Å². The summed E-state index contributed by atoms with van der Waals surface area (Å²) in [5.41, 5.74) is 1.92. The third kappa shape index (κ3) is 4.01. The monoisotopic (exact) mass is 358 g/mol. The van der Waals surface area contributed by atoms with Gasteiger partial charge in [0.05, 0.1) is 17.1 Å². The van der Waals surface area contributed by atoms with Crippen molar-refractivity contribution in [2.24, 2.45) is 0 Å². The molecule has 1 N–H and O–H groups in total. The van der Waals surface area contributed by atoms with Gasteiger partial charge >= 0.3 is 0 Å². The van der Waals surface area contributed by atoms with E-state index in [0.717, 1.165) is 26.9 Å². The maximum atomic E-state index is 12.3. The van der Waals surface area contributed by atoms with Crippen molar-refractivity contribution in [3.05, 3.63) is 57.9 Å². The van der Waals surface area contributed by atoms with E-state index in [2.05, 4.69) is 10.3 Å². The third-order valence-electron chi connectivity index (χ3n) is 3.38. The van der Waals surface area contributed by atoms with Crippen LogP contribution in [0.3, 0.4) is 0 Å². The number of hydrogen-bond acceptors (Lipinski definition) is 5. The van der Waals surface area contributed by atoms with E-state index in [-0.39, 0.29) is 5.91 Å². The second-order valence-corrected chi connectivity index (χ2v) is 7.28. The van der Waals surface area contributed by atoms with Crippen LogP contribution in [0.2, 0.25) is 0 Å². The van der Waals surface area contributed by atoms with E-state index < -0.39 is 0 Å². The van der Waals surface area contributed by atoms with Crippen LogP contribution in [-0.2, 0) is 0 Å². The number of carbonyl (C=O) groups excluding carboxylic acids is 1. The van der Waals surface area contributed by atoms with Gasteiger partial charge in [-0.1, -0.05) is 18.2 Å². The minimum Gasteiger partial charge on any atom is -0.492 e. The molecule has 1 amide bonds. The summed E-state index contributed by atoms with van der Waals surface area (Å²) in [7, 11) is 0. The number of nitrogens with zero attached hydrogens (tertiary/aromatic N) is 1. The lowest BCUT2D eigenvalue weighted by Gasteiger charge is -2.07. The quantitative estimate of drug-likeness (QED) is 0.669. The summed E-state index contributed by atoms with van der Waals surface area (Å²) in [6.45, 7) is 4.78. The Morgan fingerprint density at radius 2 is 2.12 bits per heavy atom. The van der Waals surface area contributed by atoms with Gasteiger partial charge in [0.1, 0.15) is 22.2 Å². The number of benzene rings is 1. The smallest absolute Gasteiger partial charge is 0.263 e. The second kappa shape index (κ2) is 7.59. The van der Waals surface area contributed by atoms with Crippen LogP contribution in [0.5, 0.6) is 5.75 Å². The highest BCUT2D eigenvalue weighted by atomic mass is 32.1. The standard InChI is InChI=1S/C18H18N2O2S2/c1-12-5-3-6-14(11-12)22-9-8-19-17(21)16-13(2)20-18(24-16)15-7-4-10-23-15/h3-7,10-11H,8-9H2,1-2H3,(H,19,21). The van der Waals surface area contributed by atoms with E-state index in [1.165, 1.54) is 11.3 Å². The Bertz CT molecular complexity index is 825. The Balaban J connectivity index is 1.54. The second-order valence-electron chi connectivity index (χ2n) is 5.33. The highest BCUT2D eigenvalue weighted by Crippen LogP contribution is 2.30. The lowest BCUT2D eigenvalue weighted by Crippen LogP contribution is -2.27. The maximum Gasteiger partial charge on any atom is 0.263 e. The number of aryl methyl sites for hydroxylation is 2. The van der Waals surface area contributed by atoms with Crippen LogP contribution >= 0.6 is 22.7 Å². The molecule has 0 fully saturated rings. The van der Waals surface area contributed by atoms with Gasteiger partial charge in [0.2, 0.25) is 0 Å². The van der Waals surface area contributed by atoms with Crippen molar-refractivity contribution < 1.29 is 9.53 Å². The summed E-state index contributed by atoms with van der Waals surface area (Å²) in [4.78, 5) is 18.6. The minimum atomic E-state index is -0.0966. The predicted molar refractivity (Wildman–Crippen MR) is 99.2 cm³/mol. The molecule has 0 saturated heterocycles. The highest BCUT2D eigenvalue weighted by molar-refractivity contribution is 7.22. The first-order valence-corrected chi connectivity index (χ1v) is 9.32. The molecule has 0 aliphatic heterocycles. The van der Waals surface area contributed by atoms with Crippen LogP contribution in [0.15, 0.2) is 41.8 Å². The predicted octanol–water partition coefficient (Wildman–Crippen LogP) is 4.30. The van der Waals surface area contributed by atoms with E-state index in [4.69, 9.17) is 4.74 Å². The molecule has 0 radical (unpaired) electrons. The first kappa shape index (κ1) is 16.7.